The van der Waals surface area contributed by atoms with Gasteiger partial charge in [0.25, 0.3) is 11.8 Å². The predicted molar refractivity (Wildman–Crippen MR) is 150 cm³/mol. The maximum absolute atomic E-state index is 13.1. The molecule has 0 spiro atoms. The third kappa shape index (κ3) is 5.78. The van der Waals surface area contributed by atoms with Crippen LogP contribution >= 0.6 is 24.0 Å². The summed E-state index contributed by atoms with van der Waals surface area (Å²) in [5.41, 5.74) is 5.42. The number of nitrogens with zero attached hydrogens (tertiary/aromatic N) is 1. The van der Waals surface area contributed by atoms with Crippen molar-refractivity contribution in [3.05, 3.63) is 87.8 Å². The molecule has 0 aliphatic carbocycles. The fourth-order valence-electron chi connectivity index (χ4n) is 3.79. The van der Waals surface area contributed by atoms with Gasteiger partial charge in [0.2, 0.25) is 0 Å². The van der Waals surface area contributed by atoms with Crippen LogP contribution in [0.4, 0.5) is 11.4 Å². The van der Waals surface area contributed by atoms with Crippen LogP contribution in [0.2, 0.25) is 0 Å². The summed E-state index contributed by atoms with van der Waals surface area (Å²) in [5, 5.41) is 2.86. The standard InChI is InChI=1S/C28H26N2O4S2/c1-17-6-5-7-21(13-17)30-27(32)25(36-28(30)35)15-20-9-11-23(24(14-20)33-4)34-16-26(31)29-22-10-8-18(2)12-19(22)3/h5-15H,16H2,1-4H3,(H,29,31)/b25-15-. The molecule has 184 valence electrons. The number of hydrogen-bond acceptors (Lipinski definition) is 6. The van der Waals surface area contributed by atoms with E-state index in [9.17, 15) is 9.59 Å². The Morgan fingerprint density at radius 3 is 2.53 bits per heavy atom. The van der Waals surface area contributed by atoms with Gasteiger partial charge in [-0.05, 0) is 73.9 Å². The van der Waals surface area contributed by atoms with E-state index in [2.05, 4.69) is 5.32 Å². The lowest BCUT2D eigenvalue weighted by atomic mass is 10.1. The van der Waals surface area contributed by atoms with Gasteiger partial charge < -0.3 is 14.8 Å². The first-order chi connectivity index (χ1) is 17.2. The number of benzene rings is 3. The zero-order valence-corrected chi connectivity index (χ0v) is 22.1. The molecule has 0 unspecified atom stereocenters. The Bertz CT molecular complexity index is 1380. The molecule has 3 aromatic carbocycles. The fraction of sp³-hybridized carbons (Fsp3) is 0.179. The molecule has 1 N–H and O–H groups in total. The Morgan fingerprint density at radius 2 is 1.81 bits per heavy atom. The van der Waals surface area contributed by atoms with E-state index in [1.807, 2.05) is 63.2 Å². The minimum absolute atomic E-state index is 0.168. The molecule has 0 aromatic heterocycles. The van der Waals surface area contributed by atoms with Crippen molar-refractivity contribution in [1.29, 1.82) is 0 Å². The molecular weight excluding hydrogens is 492 g/mol. The highest BCUT2D eigenvalue weighted by Gasteiger charge is 2.33. The van der Waals surface area contributed by atoms with Gasteiger partial charge in [0.15, 0.2) is 22.4 Å². The second kappa shape index (κ2) is 11.0. The van der Waals surface area contributed by atoms with E-state index in [0.29, 0.717) is 20.7 Å². The Hall–Kier alpha value is -3.62. The van der Waals surface area contributed by atoms with Crippen LogP contribution in [0.15, 0.2) is 65.6 Å². The van der Waals surface area contributed by atoms with Crippen LogP contribution in [-0.2, 0) is 9.59 Å². The molecule has 1 aliphatic heterocycles. The summed E-state index contributed by atoms with van der Waals surface area (Å²) in [4.78, 5) is 27.5. The second-order valence-electron chi connectivity index (χ2n) is 8.42. The molecule has 3 aromatic rings. The highest BCUT2D eigenvalue weighted by molar-refractivity contribution is 8.27. The number of aryl methyl sites for hydroxylation is 3. The maximum atomic E-state index is 13.1. The van der Waals surface area contributed by atoms with Crippen molar-refractivity contribution in [2.45, 2.75) is 20.8 Å². The minimum atomic E-state index is -0.270. The third-order valence-corrected chi connectivity index (χ3v) is 6.86. The zero-order valence-electron chi connectivity index (χ0n) is 20.5. The van der Waals surface area contributed by atoms with Gasteiger partial charge in [-0.25, -0.2) is 0 Å². The molecule has 8 heteroatoms. The topological polar surface area (TPSA) is 67.9 Å². The van der Waals surface area contributed by atoms with Gasteiger partial charge in [-0.2, -0.15) is 0 Å². The van der Waals surface area contributed by atoms with E-state index in [1.54, 1.807) is 29.2 Å². The van der Waals surface area contributed by atoms with Gasteiger partial charge in [0.05, 0.1) is 17.7 Å². The number of methoxy groups -OCH3 is 1. The van der Waals surface area contributed by atoms with Gasteiger partial charge >= 0.3 is 0 Å². The summed E-state index contributed by atoms with van der Waals surface area (Å²) in [5.74, 6) is 0.445. The number of carbonyl (C=O) groups excluding carboxylic acids is 2. The van der Waals surface area contributed by atoms with Crippen LogP contribution in [-0.4, -0.2) is 29.9 Å². The van der Waals surface area contributed by atoms with Crippen molar-refractivity contribution in [2.75, 3.05) is 23.9 Å². The SMILES string of the molecule is COc1cc(/C=C2\SC(=S)N(c3cccc(C)c3)C2=O)ccc1OCC(=O)Nc1ccc(C)cc1C. The first kappa shape index (κ1) is 25.5. The second-order valence-corrected chi connectivity index (χ2v) is 10.1. The molecule has 1 aliphatic rings. The summed E-state index contributed by atoms with van der Waals surface area (Å²) in [6.07, 6.45) is 1.77. The van der Waals surface area contributed by atoms with E-state index in [4.69, 9.17) is 21.7 Å². The van der Waals surface area contributed by atoms with Gasteiger partial charge in [-0.1, -0.05) is 59.9 Å². The van der Waals surface area contributed by atoms with E-state index in [1.165, 1.54) is 18.9 Å². The summed E-state index contributed by atoms with van der Waals surface area (Å²) in [6, 6.07) is 18.8. The first-order valence-corrected chi connectivity index (χ1v) is 12.5. The number of hydrogen-bond donors (Lipinski definition) is 1. The van der Waals surface area contributed by atoms with Crippen LogP contribution in [0.1, 0.15) is 22.3 Å². The molecular formula is C28H26N2O4S2. The number of thiocarbonyl (C=S) groups is 1. The molecule has 2 amide bonds. The summed E-state index contributed by atoms with van der Waals surface area (Å²) in [7, 11) is 1.53. The molecule has 4 rings (SSSR count). The van der Waals surface area contributed by atoms with Crippen molar-refractivity contribution in [3.63, 3.8) is 0 Å². The van der Waals surface area contributed by atoms with Crippen molar-refractivity contribution in [3.8, 4) is 11.5 Å². The lowest BCUT2D eigenvalue weighted by Gasteiger charge is -2.15. The summed E-state index contributed by atoms with van der Waals surface area (Å²) in [6.45, 7) is 5.75. The smallest absolute Gasteiger partial charge is 0.270 e. The number of nitrogens with one attached hydrogen (secondary N) is 1. The average Bonchev–Trinajstić information content (AvgIpc) is 3.12. The van der Waals surface area contributed by atoms with Crippen LogP contribution in [0.5, 0.6) is 11.5 Å². The number of ether oxygens (including phenoxy) is 2. The van der Waals surface area contributed by atoms with Crippen molar-refractivity contribution in [1.82, 2.24) is 0 Å². The summed E-state index contributed by atoms with van der Waals surface area (Å²) >= 11 is 6.73. The molecule has 6 nitrogen and oxygen atoms in total. The summed E-state index contributed by atoms with van der Waals surface area (Å²) < 4.78 is 11.7. The molecule has 0 radical (unpaired) electrons. The Morgan fingerprint density at radius 1 is 1.03 bits per heavy atom. The Labute approximate surface area is 220 Å². The van der Waals surface area contributed by atoms with E-state index in [0.717, 1.165) is 33.6 Å². The normalized spacial score (nSPS) is 14.3. The van der Waals surface area contributed by atoms with Crippen molar-refractivity contribution in [2.24, 2.45) is 0 Å². The molecule has 1 fully saturated rings. The zero-order chi connectivity index (χ0) is 25.8. The van der Waals surface area contributed by atoms with E-state index < -0.39 is 0 Å². The molecule has 1 saturated heterocycles. The largest absolute Gasteiger partial charge is 0.493 e. The Balaban J connectivity index is 1.45. The Kier molecular flexibility index (Phi) is 7.76. The molecule has 0 bridgehead atoms. The first-order valence-electron chi connectivity index (χ1n) is 11.3. The monoisotopic (exact) mass is 518 g/mol. The lowest BCUT2D eigenvalue weighted by Crippen LogP contribution is -2.27. The number of anilines is 2. The number of thioether (sulfide) groups is 1. The number of rotatable bonds is 7. The van der Waals surface area contributed by atoms with Gasteiger partial charge in [-0.15, -0.1) is 0 Å². The third-order valence-electron chi connectivity index (χ3n) is 5.55. The quantitative estimate of drug-likeness (QED) is 0.304. The maximum Gasteiger partial charge on any atom is 0.270 e. The van der Waals surface area contributed by atoms with Crippen LogP contribution in [0.25, 0.3) is 6.08 Å². The van der Waals surface area contributed by atoms with Gasteiger partial charge in [0.1, 0.15) is 0 Å². The number of carbonyl (C=O) groups is 2. The highest BCUT2D eigenvalue weighted by atomic mass is 32.2. The van der Waals surface area contributed by atoms with Crippen molar-refractivity contribution >= 4 is 57.6 Å². The predicted octanol–water partition coefficient (Wildman–Crippen LogP) is 6.04. The van der Waals surface area contributed by atoms with E-state index >= 15 is 0 Å². The average molecular weight is 519 g/mol. The number of amides is 2. The van der Waals surface area contributed by atoms with Gasteiger partial charge in [0, 0.05) is 5.69 Å². The van der Waals surface area contributed by atoms with Crippen LogP contribution < -0.4 is 19.7 Å². The van der Waals surface area contributed by atoms with Gasteiger partial charge in [-0.3, -0.25) is 14.5 Å². The van der Waals surface area contributed by atoms with E-state index in [-0.39, 0.29) is 18.4 Å². The van der Waals surface area contributed by atoms with Crippen LogP contribution in [0.3, 0.4) is 0 Å². The molecule has 36 heavy (non-hydrogen) atoms. The lowest BCUT2D eigenvalue weighted by molar-refractivity contribution is -0.118. The minimum Gasteiger partial charge on any atom is -0.493 e. The fourth-order valence-corrected chi connectivity index (χ4v) is 5.08. The van der Waals surface area contributed by atoms with Crippen LogP contribution in [0, 0.1) is 20.8 Å². The molecule has 0 atom stereocenters. The molecule has 0 saturated carbocycles. The highest BCUT2D eigenvalue weighted by Crippen LogP contribution is 2.37. The molecule has 1 heterocycles. The van der Waals surface area contributed by atoms with Crippen molar-refractivity contribution < 1.29 is 19.1 Å².